The lowest BCUT2D eigenvalue weighted by Gasteiger charge is -2.11. The van der Waals surface area contributed by atoms with Crippen LogP contribution in [0.15, 0.2) is 18.3 Å². The number of hydrogen-bond donors (Lipinski definition) is 3. The van der Waals surface area contributed by atoms with Crippen molar-refractivity contribution >= 4 is 11.7 Å². The van der Waals surface area contributed by atoms with E-state index < -0.39 is 5.97 Å². The summed E-state index contributed by atoms with van der Waals surface area (Å²) in [7, 11) is 0. The molecule has 0 spiro atoms. The second kappa shape index (κ2) is 4.49. The van der Waals surface area contributed by atoms with E-state index in [0.717, 1.165) is 12.8 Å². The van der Waals surface area contributed by atoms with E-state index in [2.05, 4.69) is 10.3 Å². The van der Waals surface area contributed by atoms with Crippen LogP contribution < -0.4 is 5.32 Å². The molecule has 2 rings (SSSR count). The highest BCUT2D eigenvalue weighted by molar-refractivity contribution is 5.86. The molecule has 1 aromatic heterocycles. The van der Waals surface area contributed by atoms with Crippen LogP contribution in [0.3, 0.4) is 0 Å². The normalized spacial score (nSPS) is 16.8. The molecule has 1 unspecified atom stereocenters. The number of carboxylic acid groups (broad SMARTS) is 1. The zero-order valence-corrected chi connectivity index (χ0v) is 8.76. The third-order valence-corrected chi connectivity index (χ3v) is 2.66. The first-order chi connectivity index (χ1) is 7.66. The van der Waals surface area contributed by atoms with E-state index in [1.165, 1.54) is 12.3 Å². The first-order valence-electron chi connectivity index (χ1n) is 5.28. The molecule has 0 aliphatic heterocycles. The highest BCUT2D eigenvalue weighted by atomic mass is 16.4. The maximum atomic E-state index is 10.7. The summed E-state index contributed by atoms with van der Waals surface area (Å²) in [6.45, 7) is 0.452. The van der Waals surface area contributed by atoms with Gasteiger partial charge in [0.05, 0.1) is 6.10 Å². The van der Waals surface area contributed by atoms with Crippen LogP contribution >= 0.6 is 0 Å². The van der Waals surface area contributed by atoms with E-state index in [4.69, 9.17) is 5.11 Å². The fourth-order valence-electron chi connectivity index (χ4n) is 1.53. The summed E-state index contributed by atoms with van der Waals surface area (Å²) in [4.78, 5) is 14.4. The van der Waals surface area contributed by atoms with E-state index >= 15 is 0 Å². The van der Waals surface area contributed by atoms with Gasteiger partial charge >= 0.3 is 5.97 Å². The number of aromatic nitrogens is 1. The lowest BCUT2D eigenvalue weighted by molar-refractivity contribution is 0.0690. The van der Waals surface area contributed by atoms with Gasteiger partial charge in [-0.2, -0.15) is 0 Å². The van der Waals surface area contributed by atoms with E-state index in [-0.39, 0.29) is 11.8 Å². The number of aliphatic hydroxyl groups is 1. The lowest BCUT2D eigenvalue weighted by Crippen LogP contribution is -2.21. The average molecular weight is 222 g/mol. The highest BCUT2D eigenvalue weighted by Crippen LogP contribution is 2.32. The number of nitrogens with one attached hydrogen (secondary N) is 1. The molecule has 0 bridgehead atoms. The third kappa shape index (κ3) is 2.70. The lowest BCUT2D eigenvalue weighted by atomic mass is 10.2. The Morgan fingerprint density at radius 2 is 2.38 bits per heavy atom. The van der Waals surface area contributed by atoms with Crippen LogP contribution in [0.2, 0.25) is 0 Å². The van der Waals surface area contributed by atoms with Crippen molar-refractivity contribution in [3.05, 3.63) is 24.0 Å². The summed E-state index contributed by atoms with van der Waals surface area (Å²) in [5.41, 5.74) is 0.679. The fourth-order valence-corrected chi connectivity index (χ4v) is 1.53. The number of carbonyl (C=O) groups is 1. The molecular formula is C11H14N2O3. The quantitative estimate of drug-likeness (QED) is 0.691. The number of hydrogen-bond acceptors (Lipinski definition) is 4. The Morgan fingerprint density at radius 3 is 3.00 bits per heavy atom. The summed E-state index contributed by atoms with van der Waals surface area (Å²) in [6.07, 6.45) is 3.26. The first-order valence-corrected chi connectivity index (χ1v) is 5.28. The minimum Gasteiger partial charge on any atom is -0.477 e. The molecule has 1 fully saturated rings. The number of carboxylic acids is 1. The molecule has 86 valence electrons. The summed E-state index contributed by atoms with van der Waals surface area (Å²) in [6, 6.07) is 3.15. The predicted octanol–water partition coefficient (Wildman–Crippen LogP) is 0.963. The van der Waals surface area contributed by atoms with Crippen molar-refractivity contribution < 1.29 is 15.0 Å². The van der Waals surface area contributed by atoms with Crippen molar-refractivity contribution in [3.8, 4) is 0 Å². The zero-order chi connectivity index (χ0) is 11.5. The number of anilines is 1. The summed E-state index contributed by atoms with van der Waals surface area (Å²) in [5, 5.41) is 21.4. The zero-order valence-electron chi connectivity index (χ0n) is 8.76. The van der Waals surface area contributed by atoms with Crippen molar-refractivity contribution in [2.24, 2.45) is 5.92 Å². The molecule has 0 saturated heterocycles. The molecule has 16 heavy (non-hydrogen) atoms. The standard InChI is InChI=1S/C11H14N2O3/c14-10(7-1-2-7)6-13-8-3-4-12-9(5-8)11(15)16/h3-5,7,10,14H,1-2,6H2,(H,12,13)(H,15,16). The Bertz CT molecular complexity index is 391. The minimum absolute atomic E-state index is 0.00547. The maximum Gasteiger partial charge on any atom is 0.354 e. The number of aliphatic hydroxyl groups excluding tert-OH is 1. The van der Waals surface area contributed by atoms with Gasteiger partial charge in [0, 0.05) is 18.4 Å². The smallest absolute Gasteiger partial charge is 0.354 e. The third-order valence-electron chi connectivity index (χ3n) is 2.66. The monoisotopic (exact) mass is 222 g/mol. The minimum atomic E-state index is -1.05. The van der Waals surface area contributed by atoms with Crippen LogP contribution in [-0.2, 0) is 0 Å². The fraction of sp³-hybridized carbons (Fsp3) is 0.455. The second-order valence-corrected chi connectivity index (χ2v) is 4.02. The molecule has 1 atom stereocenters. The van der Waals surface area contributed by atoms with Crippen molar-refractivity contribution in [1.82, 2.24) is 4.98 Å². The maximum absolute atomic E-state index is 10.7. The van der Waals surface area contributed by atoms with Crippen LogP contribution in [0, 0.1) is 5.92 Å². The van der Waals surface area contributed by atoms with Gasteiger partial charge in [-0.15, -0.1) is 0 Å². The SMILES string of the molecule is O=C(O)c1cc(NCC(O)C2CC2)ccn1. The van der Waals surface area contributed by atoms with Gasteiger partial charge in [-0.3, -0.25) is 0 Å². The van der Waals surface area contributed by atoms with Crippen molar-refractivity contribution in [1.29, 1.82) is 0 Å². The molecule has 0 radical (unpaired) electrons. The van der Waals surface area contributed by atoms with Gasteiger partial charge in [-0.05, 0) is 30.9 Å². The number of aromatic carboxylic acids is 1. The number of pyridine rings is 1. The molecule has 5 heteroatoms. The Kier molecular flexibility index (Phi) is 3.05. The summed E-state index contributed by atoms with van der Waals surface area (Å²) in [5.74, 6) is -0.639. The largest absolute Gasteiger partial charge is 0.477 e. The van der Waals surface area contributed by atoms with Crippen LogP contribution in [0.1, 0.15) is 23.3 Å². The average Bonchev–Trinajstić information content (AvgIpc) is 3.10. The number of nitrogens with zero attached hydrogens (tertiary/aromatic N) is 1. The summed E-state index contributed by atoms with van der Waals surface area (Å²) < 4.78 is 0. The molecule has 1 aliphatic carbocycles. The van der Waals surface area contributed by atoms with Crippen LogP contribution in [-0.4, -0.2) is 33.8 Å². The van der Waals surface area contributed by atoms with E-state index in [0.29, 0.717) is 18.2 Å². The van der Waals surface area contributed by atoms with Crippen molar-refractivity contribution in [2.75, 3.05) is 11.9 Å². The molecule has 0 amide bonds. The molecule has 0 aromatic carbocycles. The Balaban J connectivity index is 1.92. The molecular weight excluding hydrogens is 208 g/mol. The molecule has 1 aromatic rings. The van der Waals surface area contributed by atoms with E-state index in [1.807, 2.05) is 0 Å². The molecule has 1 heterocycles. The Labute approximate surface area is 93.1 Å². The van der Waals surface area contributed by atoms with Gasteiger partial charge < -0.3 is 15.5 Å². The van der Waals surface area contributed by atoms with Gasteiger partial charge in [-0.25, -0.2) is 9.78 Å². The second-order valence-electron chi connectivity index (χ2n) is 4.02. The topological polar surface area (TPSA) is 82.5 Å². The van der Waals surface area contributed by atoms with Gasteiger partial charge in [-0.1, -0.05) is 0 Å². The molecule has 5 nitrogen and oxygen atoms in total. The molecule has 1 saturated carbocycles. The first kappa shape index (κ1) is 10.9. The summed E-state index contributed by atoms with van der Waals surface area (Å²) >= 11 is 0. The van der Waals surface area contributed by atoms with Gasteiger partial charge in [0.15, 0.2) is 0 Å². The Hall–Kier alpha value is -1.62. The van der Waals surface area contributed by atoms with Crippen LogP contribution in [0.5, 0.6) is 0 Å². The Morgan fingerprint density at radius 1 is 1.62 bits per heavy atom. The van der Waals surface area contributed by atoms with Crippen LogP contribution in [0.4, 0.5) is 5.69 Å². The van der Waals surface area contributed by atoms with Gasteiger partial charge in [0.2, 0.25) is 0 Å². The highest BCUT2D eigenvalue weighted by Gasteiger charge is 2.29. The van der Waals surface area contributed by atoms with Crippen molar-refractivity contribution in [3.63, 3.8) is 0 Å². The number of rotatable bonds is 5. The van der Waals surface area contributed by atoms with E-state index in [1.54, 1.807) is 6.07 Å². The molecule has 3 N–H and O–H groups in total. The van der Waals surface area contributed by atoms with Gasteiger partial charge in [0.1, 0.15) is 5.69 Å². The van der Waals surface area contributed by atoms with Gasteiger partial charge in [0.25, 0.3) is 0 Å². The van der Waals surface area contributed by atoms with Crippen LogP contribution in [0.25, 0.3) is 0 Å². The van der Waals surface area contributed by atoms with E-state index in [9.17, 15) is 9.90 Å². The molecule has 1 aliphatic rings. The van der Waals surface area contributed by atoms with Crippen molar-refractivity contribution in [2.45, 2.75) is 18.9 Å². The predicted molar refractivity (Wildman–Crippen MR) is 58.4 cm³/mol.